The average Bonchev–Trinajstić information content (AvgIpc) is 2.66. The predicted molar refractivity (Wildman–Crippen MR) is 107 cm³/mol. The highest BCUT2D eigenvalue weighted by Gasteiger charge is 2.31. The first-order valence-electron chi connectivity index (χ1n) is 9.55. The molecule has 0 radical (unpaired) electrons. The molecule has 1 fully saturated rings. The third kappa shape index (κ3) is 5.34. The Bertz CT molecular complexity index is 774. The van der Waals surface area contributed by atoms with Gasteiger partial charge >= 0.3 is 6.09 Å². The Balaban J connectivity index is 1.54. The van der Waals surface area contributed by atoms with E-state index in [2.05, 4.69) is 14.9 Å². The summed E-state index contributed by atoms with van der Waals surface area (Å²) in [5.41, 5.74) is 0.603. The van der Waals surface area contributed by atoms with Crippen molar-refractivity contribution in [2.45, 2.75) is 45.9 Å². The summed E-state index contributed by atoms with van der Waals surface area (Å²) in [7, 11) is 0. The van der Waals surface area contributed by atoms with E-state index in [9.17, 15) is 4.79 Å². The van der Waals surface area contributed by atoms with Crippen molar-refractivity contribution in [1.82, 2.24) is 14.9 Å². The van der Waals surface area contributed by atoms with Crippen LogP contribution in [0.4, 0.5) is 10.7 Å². The number of aromatic nitrogens is 2. The Morgan fingerprint density at radius 2 is 1.82 bits per heavy atom. The zero-order valence-electron chi connectivity index (χ0n) is 17.0. The van der Waals surface area contributed by atoms with Crippen LogP contribution in [0.15, 0.2) is 42.7 Å². The van der Waals surface area contributed by atoms with E-state index in [-0.39, 0.29) is 12.1 Å². The number of amides is 1. The number of nitrogens with zero attached hydrogens (tertiary/aromatic N) is 4. The number of anilines is 1. The van der Waals surface area contributed by atoms with Gasteiger partial charge in [0.15, 0.2) is 5.75 Å². The second-order valence-corrected chi connectivity index (χ2v) is 7.96. The van der Waals surface area contributed by atoms with Crippen LogP contribution in [-0.2, 0) is 11.3 Å². The van der Waals surface area contributed by atoms with Crippen LogP contribution in [0.1, 0.15) is 33.3 Å². The summed E-state index contributed by atoms with van der Waals surface area (Å²) in [5.74, 6) is 1.27. The first-order chi connectivity index (χ1) is 13.3. The van der Waals surface area contributed by atoms with Crippen LogP contribution in [0.25, 0.3) is 0 Å². The number of hydrogen-bond acceptors (Lipinski definition) is 6. The maximum absolute atomic E-state index is 12.3. The molecule has 1 aromatic heterocycles. The number of ether oxygens (including phenoxy) is 2. The van der Waals surface area contributed by atoms with Gasteiger partial charge in [0.1, 0.15) is 12.2 Å². The van der Waals surface area contributed by atoms with E-state index >= 15 is 0 Å². The van der Waals surface area contributed by atoms with Crippen molar-refractivity contribution < 1.29 is 14.3 Å². The van der Waals surface area contributed by atoms with Gasteiger partial charge in [0.25, 0.3) is 0 Å². The monoisotopic (exact) mass is 384 g/mol. The minimum atomic E-state index is -0.493. The fraction of sp³-hybridized carbons (Fsp3) is 0.476. The van der Waals surface area contributed by atoms with E-state index in [1.807, 2.05) is 58.0 Å². The molecule has 7 nitrogen and oxygen atoms in total. The summed E-state index contributed by atoms with van der Waals surface area (Å²) in [6.07, 6.45) is 3.11. The lowest BCUT2D eigenvalue weighted by Gasteiger charge is -2.40. The lowest BCUT2D eigenvalue weighted by atomic mass is 10.2. The van der Waals surface area contributed by atoms with Crippen molar-refractivity contribution in [2.75, 3.05) is 24.5 Å². The van der Waals surface area contributed by atoms with Crippen molar-refractivity contribution >= 4 is 12.0 Å². The van der Waals surface area contributed by atoms with Gasteiger partial charge in [-0.3, -0.25) is 0 Å². The molecular formula is C21H28N4O3. The molecule has 1 aliphatic rings. The van der Waals surface area contributed by atoms with E-state index in [1.54, 1.807) is 17.3 Å². The maximum Gasteiger partial charge on any atom is 0.410 e. The molecule has 28 heavy (non-hydrogen) atoms. The Morgan fingerprint density at radius 3 is 2.43 bits per heavy atom. The molecule has 2 aromatic rings. The van der Waals surface area contributed by atoms with Gasteiger partial charge in [0, 0.05) is 25.7 Å². The third-order valence-corrected chi connectivity index (χ3v) is 4.40. The minimum Gasteiger partial charge on any atom is -0.486 e. The molecular weight excluding hydrogens is 356 g/mol. The molecule has 0 aliphatic carbocycles. The topological polar surface area (TPSA) is 67.8 Å². The van der Waals surface area contributed by atoms with Crippen LogP contribution in [0.2, 0.25) is 0 Å². The van der Waals surface area contributed by atoms with Crippen LogP contribution in [0, 0.1) is 0 Å². The smallest absolute Gasteiger partial charge is 0.410 e. The number of carbonyl (C=O) groups is 1. The summed E-state index contributed by atoms with van der Waals surface area (Å²) in [4.78, 5) is 25.0. The molecule has 1 aromatic carbocycles. The lowest BCUT2D eigenvalue weighted by molar-refractivity contribution is 0.0158. The van der Waals surface area contributed by atoms with Gasteiger partial charge in [-0.05, 0) is 33.3 Å². The Labute approximate surface area is 166 Å². The van der Waals surface area contributed by atoms with E-state index < -0.39 is 5.60 Å². The molecule has 0 saturated carbocycles. The number of hydrogen-bond donors (Lipinski definition) is 0. The highest BCUT2D eigenvalue weighted by Crippen LogP contribution is 2.19. The zero-order chi connectivity index (χ0) is 20.1. The molecule has 1 aliphatic heterocycles. The molecule has 0 unspecified atom stereocenters. The van der Waals surface area contributed by atoms with Crippen molar-refractivity contribution in [3.8, 4) is 5.75 Å². The van der Waals surface area contributed by atoms with Gasteiger partial charge in [-0.2, -0.15) is 0 Å². The first kappa shape index (κ1) is 19.9. The molecule has 1 saturated heterocycles. The van der Waals surface area contributed by atoms with Gasteiger partial charge in [-0.1, -0.05) is 30.3 Å². The molecule has 1 atom stereocenters. The molecule has 3 rings (SSSR count). The summed E-state index contributed by atoms with van der Waals surface area (Å²) >= 11 is 0. The van der Waals surface area contributed by atoms with Gasteiger partial charge in [-0.25, -0.2) is 14.8 Å². The standard InChI is InChI=1S/C21H28N4O3/c1-16-14-24(10-11-25(16)20(26)28-21(2,3)4)19-22-12-18(13-23-19)27-15-17-8-6-5-7-9-17/h5-9,12-13,16H,10-11,14-15H2,1-4H3/t16-/m0/s1. The zero-order valence-corrected chi connectivity index (χ0v) is 17.0. The van der Waals surface area contributed by atoms with E-state index in [0.29, 0.717) is 37.9 Å². The van der Waals surface area contributed by atoms with Gasteiger partial charge in [0.2, 0.25) is 5.95 Å². The fourth-order valence-electron chi connectivity index (χ4n) is 3.02. The van der Waals surface area contributed by atoms with Crippen LogP contribution in [-0.4, -0.2) is 52.2 Å². The van der Waals surface area contributed by atoms with Crippen molar-refractivity contribution in [3.05, 3.63) is 48.3 Å². The Hall–Kier alpha value is -2.83. The van der Waals surface area contributed by atoms with Crippen LogP contribution < -0.4 is 9.64 Å². The van der Waals surface area contributed by atoms with E-state index in [1.165, 1.54) is 0 Å². The van der Waals surface area contributed by atoms with E-state index in [0.717, 1.165) is 5.56 Å². The average molecular weight is 384 g/mol. The molecule has 1 amide bonds. The van der Waals surface area contributed by atoms with Crippen molar-refractivity contribution in [1.29, 1.82) is 0 Å². The Kier molecular flexibility index (Phi) is 6.02. The second kappa shape index (κ2) is 8.46. The maximum atomic E-state index is 12.3. The van der Waals surface area contributed by atoms with Gasteiger partial charge in [-0.15, -0.1) is 0 Å². The lowest BCUT2D eigenvalue weighted by Crippen LogP contribution is -2.55. The number of benzene rings is 1. The van der Waals surface area contributed by atoms with Gasteiger partial charge < -0.3 is 19.3 Å². The Morgan fingerprint density at radius 1 is 1.14 bits per heavy atom. The first-order valence-corrected chi connectivity index (χ1v) is 9.55. The van der Waals surface area contributed by atoms with E-state index in [4.69, 9.17) is 9.47 Å². The summed E-state index contributed by atoms with van der Waals surface area (Å²) in [6.45, 7) is 10.0. The number of piperazine rings is 1. The largest absolute Gasteiger partial charge is 0.486 e. The van der Waals surface area contributed by atoms with Crippen molar-refractivity contribution in [2.24, 2.45) is 0 Å². The van der Waals surface area contributed by atoms with Crippen LogP contribution in [0.3, 0.4) is 0 Å². The summed E-state index contributed by atoms with van der Waals surface area (Å²) in [6, 6.07) is 9.99. The molecule has 0 spiro atoms. The summed E-state index contributed by atoms with van der Waals surface area (Å²) in [5, 5.41) is 0. The van der Waals surface area contributed by atoms with Crippen LogP contribution in [0.5, 0.6) is 5.75 Å². The second-order valence-electron chi connectivity index (χ2n) is 7.96. The molecule has 7 heteroatoms. The molecule has 0 bridgehead atoms. The molecule has 150 valence electrons. The highest BCUT2D eigenvalue weighted by atomic mass is 16.6. The van der Waals surface area contributed by atoms with Gasteiger partial charge in [0.05, 0.1) is 12.4 Å². The fourth-order valence-corrected chi connectivity index (χ4v) is 3.02. The predicted octanol–water partition coefficient (Wildman–Crippen LogP) is 3.50. The number of carbonyl (C=O) groups excluding carboxylic acids is 1. The summed E-state index contributed by atoms with van der Waals surface area (Å²) < 4.78 is 11.2. The molecule has 2 heterocycles. The van der Waals surface area contributed by atoms with Crippen LogP contribution >= 0.6 is 0 Å². The quantitative estimate of drug-likeness (QED) is 0.804. The minimum absolute atomic E-state index is 0.0150. The highest BCUT2D eigenvalue weighted by molar-refractivity contribution is 5.69. The normalized spacial score (nSPS) is 17.4. The molecule has 0 N–H and O–H groups in total. The SMILES string of the molecule is C[C@H]1CN(c2ncc(OCc3ccccc3)cn2)CCN1C(=O)OC(C)(C)C. The van der Waals surface area contributed by atoms with Crippen molar-refractivity contribution in [3.63, 3.8) is 0 Å². The number of rotatable bonds is 4. The third-order valence-electron chi connectivity index (χ3n) is 4.40.